The van der Waals surface area contributed by atoms with Crippen molar-refractivity contribution in [1.82, 2.24) is 0 Å². The van der Waals surface area contributed by atoms with Gasteiger partial charge in [-0.15, -0.1) is 0 Å². The third-order valence-corrected chi connectivity index (χ3v) is 11.9. The van der Waals surface area contributed by atoms with Crippen molar-refractivity contribution in [3.63, 3.8) is 0 Å². The predicted molar refractivity (Wildman–Crippen MR) is 300 cm³/mol. The lowest BCUT2D eigenvalue weighted by Crippen LogP contribution is -2.37. The molecule has 0 N–H and O–H groups in total. The summed E-state index contributed by atoms with van der Waals surface area (Å²) in [6.45, 7) is 4.01. The smallest absolute Gasteiger partial charge is 0.306 e. The van der Waals surface area contributed by atoms with Crippen LogP contribution in [-0.2, 0) is 32.7 Å². The molecule has 2 atom stereocenters. The number of carbonyl (C=O) groups is 2. The highest BCUT2D eigenvalue weighted by Gasteiger charge is 2.21. The topological polar surface area (TPSA) is 111 Å². The molecule has 0 aromatic rings. The Bertz CT molecular complexity index is 1660. The molecule has 0 bridgehead atoms. The lowest BCUT2D eigenvalue weighted by Gasteiger charge is -2.28. The highest BCUT2D eigenvalue weighted by atomic mass is 31.2. The molecule has 0 fully saturated rings. The third kappa shape index (κ3) is 55.3. The molecule has 0 radical (unpaired) electrons. The third-order valence-electron chi connectivity index (χ3n) is 10.9. The van der Waals surface area contributed by atoms with E-state index in [4.69, 9.17) is 18.5 Å². The van der Waals surface area contributed by atoms with E-state index >= 15 is 0 Å². The Morgan fingerprint density at radius 1 is 0.451 bits per heavy atom. The van der Waals surface area contributed by atoms with Crippen LogP contribution in [0.25, 0.3) is 0 Å². The van der Waals surface area contributed by atoms with E-state index in [-0.39, 0.29) is 26.1 Å². The lowest BCUT2D eigenvalue weighted by atomic mass is 10.1. The maximum Gasteiger partial charge on any atom is 0.306 e. The molecule has 0 saturated heterocycles. The van der Waals surface area contributed by atoms with Crippen molar-refractivity contribution in [3.8, 4) is 0 Å². The van der Waals surface area contributed by atoms with Gasteiger partial charge in [0.2, 0.25) is 0 Å². The first-order valence-electron chi connectivity index (χ1n) is 27.4. The number of allylic oxidation sites excluding steroid dienone is 22. The van der Waals surface area contributed by atoms with Crippen LogP contribution in [0.5, 0.6) is 0 Å². The molecule has 9 nitrogen and oxygen atoms in total. The molecule has 0 saturated carbocycles. The number of phosphoric acid groups is 1. The van der Waals surface area contributed by atoms with Gasteiger partial charge in [0.1, 0.15) is 19.8 Å². The SMILES string of the molecule is CC/C=C\C/C=C\C/C=C\C/C=C\C/C=C\C/C=C\C/C=C\C/C=C\C/C=C\CCCC(=O)OC(COC(=O)CCCCCCCCC/C=C\C/C=C\CCCCCC)COP(=O)([O-])OCC[N+](C)(C)C. The summed E-state index contributed by atoms with van der Waals surface area (Å²) >= 11 is 0. The summed E-state index contributed by atoms with van der Waals surface area (Å²) in [5, 5.41) is 0. The van der Waals surface area contributed by atoms with E-state index in [2.05, 4.69) is 141 Å². The van der Waals surface area contributed by atoms with Crippen molar-refractivity contribution >= 4 is 19.8 Å². The number of rotatable bonds is 48. The van der Waals surface area contributed by atoms with Gasteiger partial charge in [0.05, 0.1) is 27.7 Å². The average Bonchev–Trinajstić information content (AvgIpc) is 3.33. The standard InChI is InChI=1S/C61H100NO8P/c1-6-8-10-12-14-16-18-20-22-24-26-27-28-29-30-31-32-33-34-35-36-38-40-42-44-46-48-50-52-54-61(64)70-59(58-69-71(65,66)68-56-55-62(3,4)5)57-67-60(63)53-51-49-47-45-43-41-39-37-25-23-21-19-17-15-13-11-9-7-2/h8,10,14,16-17,19-20,22-23,25-27,29-30,32-33,35-36,40,42,46,48,59H,6-7,9,11-13,15,18,21,24,28,31,34,37-39,41,43-45,47,49-58H2,1-5H3/b10-8-,16-14-,19-17-,22-20-,25-23-,27-26-,30-29-,33-32-,36-35-,42-40-,48-46-. The number of ether oxygens (including phenoxy) is 2. The van der Waals surface area contributed by atoms with E-state index < -0.39 is 32.5 Å². The van der Waals surface area contributed by atoms with Gasteiger partial charge in [0, 0.05) is 12.8 Å². The minimum Gasteiger partial charge on any atom is -0.756 e. The molecular formula is C61H100NO8P. The van der Waals surface area contributed by atoms with Crippen LogP contribution in [0.15, 0.2) is 134 Å². The molecule has 71 heavy (non-hydrogen) atoms. The van der Waals surface area contributed by atoms with Crippen LogP contribution in [-0.4, -0.2) is 70.0 Å². The van der Waals surface area contributed by atoms with Crippen LogP contribution >= 0.6 is 7.82 Å². The molecule has 0 aliphatic rings. The van der Waals surface area contributed by atoms with Gasteiger partial charge in [-0.3, -0.25) is 14.2 Å². The molecule has 0 aromatic carbocycles. The first-order valence-corrected chi connectivity index (χ1v) is 28.9. The number of phosphoric ester groups is 1. The Labute approximate surface area is 434 Å². The molecule has 0 aliphatic heterocycles. The van der Waals surface area contributed by atoms with Gasteiger partial charge in [-0.1, -0.05) is 199 Å². The number of unbranched alkanes of at least 4 members (excludes halogenated alkanes) is 12. The number of esters is 2. The van der Waals surface area contributed by atoms with Gasteiger partial charge in [-0.05, 0) is 109 Å². The Morgan fingerprint density at radius 2 is 0.817 bits per heavy atom. The van der Waals surface area contributed by atoms with Crippen molar-refractivity contribution < 1.29 is 42.1 Å². The van der Waals surface area contributed by atoms with Gasteiger partial charge in [-0.2, -0.15) is 0 Å². The monoisotopic (exact) mass is 1010 g/mol. The normalized spacial score (nSPS) is 14.4. The Hall–Kier alpha value is -3.85. The van der Waals surface area contributed by atoms with Crippen LogP contribution < -0.4 is 4.89 Å². The van der Waals surface area contributed by atoms with Crippen molar-refractivity contribution in [2.45, 2.75) is 193 Å². The highest BCUT2D eigenvalue weighted by molar-refractivity contribution is 7.45. The van der Waals surface area contributed by atoms with Crippen molar-refractivity contribution in [2.75, 3.05) is 47.5 Å². The summed E-state index contributed by atoms with van der Waals surface area (Å²) in [6, 6.07) is 0. The van der Waals surface area contributed by atoms with Gasteiger partial charge in [0.25, 0.3) is 7.82 Å². The maximum absolute atomic E-state index is 12.8. The average molecular weight is 1010 g/mol. The molecule has 0 heterocycles. The fourth-order valence-corrected chi connectivity index (χ4v) is 7.41. The molecule has 0 amide bonds. The summed E-state index contributed by atoms with van der Waals surface area (Å²) in [6.07, 6.45) is 73.5. The van der Waals surface area contributed by atoms with Crippen LogP contribution in [0.3, 0.4) is 0 Å². The lowest BCUT2D eigenvalue weighted by molar-refractivity contribution is -0.870. The zero-order valence-corrected chi connectivity index (χ0v) is 46.3. The van der Waals surface area contributed by atoms with Crippen LogP contribution in [0.1, 0.15) is 187 Å². The minimum absolute atomic E-state index is 0.0510. The second-order valence-corrected chi connectivity index (χ2v) is 20.3. The summed E-state index contributed by atoms with van der Waals surface area (Å²) < 4.78 is 34.0. The van der Waals surface area contributed by atoms with E-state index in [1.165, 1.54) is 51.4 Å². The molecule has 2 unspecified atom stereocenters. The van der Waals surface area contributed by atoms with E-state index in [0.29, 0.717) is 30.3 Å². The quantitative estimate of drug-likeness (QED) is 0.0195. The zero-order chi connectivity index (χ0) is 52.0. The second kappa shape index (κ2) is 51.1. The maximum atomic E-state index is 12.8. The van der Waals surface area contributed by atoms with E-state index in [1.54, 1.807) is 0 Å². The number of hydrogen-bond donors (Lipinski definition) is 0. The molecule has 0 aliphatic carbocycles. The number of quaternary nitrogens is 1. The Kier molecular flexibility index (Phi) is 48.3. The highest BCUT2D eigenvalue weighted by Crippen LogP contribution is 2.38. The molecule has 0 aromatic heterocycles. The largest absolute Gasteiger partial charge is 0.756 e. The molecule has 402 valence electrons. The number of hydrogen-bond acceptors (Lipinski definition) is 8. The van der Waals surface area contributed by atoms with Crippen molar-refractivity contribution in [2.24, 2.45) is 0 Å². The molecule has 0 spiro atoms. The van der Waals surface area contributed by atoms with Gasteiger partial charge < -0.3 is 27.9 Å². The first kappa shape index (κ1) is 67.1. The molecule has 10 heteroatoms. The number of carbonyl (C=O) groups excluding carboxylic acids is 2. The van der Waals surface area contributed by atoms with Gasteiger partial charge >= 0.3 is 11.9 Å². The van der Waals surface area contributed by atoms with Crippen LogP contribution in [0.4, 0.5) is 0 Å². The first-order chi connectivity index (χ1) is 34.5. The molecular weight excluding hydrogens is 906 g/mol. The van der Waals surface area contributed by atoms with Crippen LogP contribution in [0, 0.1) is 0 Å². The minimum atomic E-state index is -4.66. The predicted octanol–water partition coefficient (Wildman–Crippen LogP) is 16.3. The van der Waals surface area contributed by atoms with Crippen molar-refractivity contribution in [1.29, 1.82) is 0 Å². The zero-order valence-electron chi connectivity index (χ0n) is 45.4. The van der Waals surface area contributed by atoms with Gasteiger partial charge in [-0.25, -0.2) is 0 Å². The summed E-state index contributed by atoms with van der Waals surface area (Å²) in [7, 11) is 1.10. The Morgan fingerprint density at radius 3 is 1.24 bits per heavy atom. The van der Waals surface area contributed by atoms with E-state index in [1.807, 2.05) is 27.2 Å². The fourth-order valence-electron chi connectivity index (χ4n) is 6.69. The Balaban J connectivity index is 4.38. The number of nitrogens with zero attached hydrogens (tertiary/aromatic N) is 1. The van der Waals surface area contributed by atoms with Crippen LogP contribution in [0.2, 0.25) is 0 Å². The molecule has 0 rings (SSSR count). The summed E-state index contributed by atoms with van der Waals surface area (Å²) in [4.78, 5) is 37.8. The fraction of sp³-hybridized carbons (Fsp3) is 0.607. The summed E-state index contributed by atoms with van der Waals surface area (Å²) in [5.74, 6) is -0.924. The van der Waals surface area contributed by atoms with E-state index in [9.17, 15) is 19.0 Å². The van der Waals surface area contributed by atoms with Crippen molar-refractivity contribution in [3.05, 3.63) is 134 Å². The van der Waals surface area contributed by atoms with Gasteiger partial charge in [0.15, 0.2) is 6.10 Å². The van der Waals surface area contributed by atoms with E-state index in [0.717, 1.165) is 89.9 Å². The summed E-state index contributed by atoms with van der Waals surface area (Å²) in [5.41, 5.74) is 0. The second-order valence-electron chi connectivity index (χ2n) is 18.9. The number of likely N-dealkylation sites (N-methyl/N-ethyl adjacent to an activating group) is 1.